The Labute approximate surface area is 171 Å². The van der Waals surface area contributed by atoms with Gasteiger partial charge in [0.2, 0.25) is 0 Å². The molecule has 2 N–H and O–H groups in total. The number of nitrogens with zero attached hydrogens (tertiary/aromatic N) is 4. The molecule has 142 valence electrons. The Kier molecular flexibility index (Phi) is 9.71. The Bertz CT molecular complexity index is 699. The molecule has 0 atom stereocenters. The van der Waals surface area contributed by atoms with Crippen molar-refractivity contribution in [3.8, 4) is 0 Å². The summed E-state index contributed by atoms with van der Waals surface area (Å²) < 4.78 is 2.01. The molecule has 0 bridgehead atoms. The minimum atomic E-state index is 0. The van der Waals surface area contributed by atoms with Gasteiger partial charge in [0.05, 0.1) is 6.33 Å². The summed E-state index contributed by atoms with van der Waals surface area (Å²) in [4.78, 5) is 21.8. The second kappa shape index (κ2) is 11.5. The summed E-state index contributed by atoms with van der Waals surface area (Å²) in [6.45, 7) is 2.34. The van der Waals surface area contributed by atoms with Gasteiger partial charge in [-0.2, -0.15) is 0 Å². The molecule has 0 saturated carbocycles. The monoisotopic (exact) mass is 470 g/mol. The van der Waals surface area contributed by atoms with Crippen molar-refractivity contribution in [1.82, 2.24) is 25.1 Å². The lowest BCUT2D eigenvalue weighted by Crippen LogP contribution is -2.39. The highest BCUT2D eigenvalue weighted by Crippen LogP contribution is 2.07. The minimum absolute atomic E-state index is 0. The number of amides is 1. The van der Waals surface area contributed by atoms with Gasteiger partial charge in [0.25, 0.3) is 5.91 Å². The molecular formula is C18H27IN6O. The molecule has 0 radical (unpaired) electrons. The number of benzene rings is 1. The molecule has 8 heteroatoms. The van der Waals surface area contributed by atoms with E-state index in [0.717, 1.165) is 37.6 Å². The fraction of sp³-hybridized carbons (Fsp3) is 0.389. The fourth-order valence-corrected chi connectivity index (χ4v) is 2.39. The maximum atomic E-state index is 12.0. The van der Waals surface area contributed by atoms with Gasteiger partial charge in [0, 0.05) is 58.7 Å². The van der Waals surface area contributed by atoms with Crippen molar-refractivity contribution in [2.75, 3.05) is 34.2 Å². The van der Waals surface area contributed by atoms with E-state index in [9.17, 15) is 4.79 Å². The highest BCUT2D eigenvalue weighted by atomic mass is 127. The van der Waals surface area contributed by atoms with E-state index >= 15 is 0 Å². The third-order valence-electron chi connectivity index (χ3n) is 3.73. The van der Waals surface area contributed by atoms with Gasteiger partial charge in [-0.15, -0.1) is 24.0 Å². The molecule has 0 saturated heterocycles. The van der Waals surface area contributed by atoms with Crippen LogP contribution in [0.15, 0.2) is 48.0 Å². The average Bonchev–Trinajstić information content (AvgIpc) is 3.13. The molecule has 0 spiro atoms. The second-order valence-corrected chi connectivity index (χ2v) is 5.88. The van der Waals surface area contributed by atoms with Crippen molar-refractivity contribution in [2.24, 2.45) is 4.99 Å². The van der Waals surface area contributed by atoms with E-state index in [1.165, 1.54) is 0 Å². The van der Waals surface area contributed by atoms with Crippen LogP contribution in [-0.4, -0.2) is 60.6 Å². The van der Waals surface area contributed by atoms with Crippen LogP contribution in [0.5, 0.6) is 0 Å². The molecule has 2 rings (SSSR count). The Hall–Kier alpha value is -2.10. The van der Waals surface area contributed by atoms with Crippen LogP contribution in [-0.2, 0) is 13.0 Å². The zero-order chi connectivity index (χ0) is 18.1. The second-order valence-electron chi connectivity index (χ2n) is 5.88. The molecule has 0 aliphatic carbocycles. The number of hydrogen-bond acceptors (Lipinski definition) is 3. The summed E-state index contributed by atoms with van der Waals surface area (Å²) in [5, 5.41) is 6.56. The maximum Gasteiger partial charge on any atom is 0.253 e. The molecule has 2 aromatic rings. The Morgan fingerprint density at radius 2 is 2.04 bits per heavy atom. The first-order valence-electron chi connectivity index (χ1n) is 8.31. The molecule has 1 heterocycles. The van der Waals surface area contributed by atoms with E-state index in [4.69, 9.17) is 0 Å². The van der Waals surface area contributed by atoms with E-state index in [0.29, 0.717) is 5.56 Å². The van der Waals surface area contributed by atoms with Gasteiger partial charge in [0.15, 0.2) is 5.96 Å². The number of hydrogen-bond donors (Lipinski definition) is 2. The summed E-state index contributed by atoms with van der Waals surface area (Å²) in [6, 6.07) is 7.74. The fourth-order valence-electron chi connectivity index (χ4n) is 2.39. The number of imidazole rings is 1. The van der Waals surface area contributed by atoms with Gasteiger partial charge < -0.3 is 20.1 Å². The van der Waals surface area contributed by atoms with Crippen molar-refractivity contribution in [3.63, 3.8) is 0 Å². The number of halogens is 1. The van der Waals surface area contributed by atoms with Crippen molar-refractivity contribution >= 4 is 35.8 Å². The lowest BCUT2D eigenvalue weighted by molar-refractivity contribution is 0.0827. The summed E-state index contributed by atoms with van der Waals surface area (Å²) >= 11 is 0. The SMILES string of the molecule is CN=C(NCCc1cccc(C(=O)N(C)C)c1)NCCn1ccnc1.I. The predicted molar refractivity (Wildman–Crippen MR) is 115 cm³/mol. The van der Waals surface area contributed by atoms with Gasteiger partial charge in [-0.1, -0.05) is 12.1 Å². The molecule has 1 aromatic carbocycles. The molecular weight excluding hydrogens is 443 g/mol. The van der Waals surface area contributed by atoms with Crippen LogP contribution >= 0.6 is 24.0 Å². The summed E-state index contributed by atoms with van der Waals surface area (Å²) in [7, 11) is 5.27. The smallest absolute Gasteiger partial charge is 0.253 e. The largest absolute Gasteiger partial charge is 0.356 e. The van der Waals surface area contributed by atoms with Crippen molar-refractivity contribution < 1.29 is 4.79 Å². The average molecular weight is 470 g/mol. The Morgan fingerprint density at radius 3 is 2.69 bits per heavy atom. The van der Waals surface area contributed by atoms with E-state index in [1.54, 1.807) is 38.6 Å². The third kappa shape index (κ3) is 7.03. The van der Waals surface area contributed by atoms with Crippen molar-refractivity contribution in [3.05, 3.63) is 54.1 Å². The molecule has 0 aliphatic rings. The van der Waals surface area contributed by atoms with Crippen molar-refractivity contribution in [1.29, 1.82) is 0 Å². The van der Waals surface area contributed by atoms with Crippen LogP contribution in [0.3, 0.4) is 0 Å². The topological polar surface area (TPSA) is 74.6 Å². The number of rotatable bonds is 7. The normalized spacial score (nSPS) is 10.8. The van der Waals surface area contributed by atoms with E-state index in [-0.39, 0.29) is 29.9 Å². The number of nitrogens with one attached hydrogen (secondary N) is 2. The summed E-state index contributed by atoms with van der Waals surface area (Å²) in [6.07, 6.45) is 6.30. The van der Waals surface area contributed by atoms with E-state index < -0.39 is 0 Å². The van der Waals surface area contributed by atoms with Crippen LogP contribution < -0.4 is 10.6 Å². The van der Waals surface area contributed by atoms with Gasteiger partial charge in [0.1, 0.15) is 0 Å². The van der Waals surface area contributed by atoms with Crippen LogP contribution in [0.4, 0.5) is 0 Å². The third-order valence-corrected chi connectivity index (χ3v) is 3.73. The van der Waals surface area contributed by atoms with Gasteiger partial charge in [-0.3, -0.25) is 9.79 Å². The lowest BCUT2D eigenvalue weighted by Gasteiger charge is -2.13. The standard InChI is InChI=1S/C18H26N6O.HI/c1-19-18(22-10-12-24-11-9-20-14-24)21-8-7-15-5-4-6-16(13-15)17(25)23(2)3;/h4-6,9,11,13-14H,7-8,10,12H2,1-3H3,(H2,19,21,22);1H. The molecule has 26 heavy (non-hydrogen) atoms. The molecule has 0 unspecified atom stereocenters. The van der Waals surface area contributed by atoms with Gasteiger partial charge in [-0.25, -0.2) is 4.98 Å². The van der Waals surface area contributed by atoms with Crippen LogP contribution in [0.1, 0.15) is 15.9 Å². The first-order chi connectivity index (χ1) is 12.1. The molecule has 0 aliphatic heterocycles. The lowest BCUT2D eigenvalue weighted by atomic mass is 10.1. The summed E-state index contributed by atoms with van der Waals surface area (Å²) in [5.74, 6) is 0.785. The number of carbonyl (C=O) groups is 1. The maximum absolute atomic E-state index is 12.0. The van der Waals surface area contributed by atoms with E-state index in [2.05, 4.69) is 20.6 Å². The number of guanidine groups is 1. The first kappa shape index (κ1) is 21.9. The first-order valence-corrected chi connectivity index (χ1v) is 8.31. The quantitative estimate of drug-likeness (QED) is 0.367. The Balaban J connectivity index is 0.00000338. The number of aliphatic imine (C=N–C) groups is 1. The molecule has 7 nitrogen and oxygen atoms in total. The Morgan fingerprint density at radius 1 is 1.27 bits per heavy atom. The highest BCUT2D eigenvalue weighted by Gasteiger charge is 2.08. The van der Waals surface area contributed by atoms with Gasteiger partial charge in [-0.05, 0) is 24.1 Å². The number of aromatic nitrogens is 2. The molecule has 1 aromatic heterocycles. The zero-order valence-corrected chi connectivity index (χ0v) is 17.8. The highest BCUT2D eigenvalue weighted by molar-refractivity contribution is 14.0. The molecule has 1 amide bonds. The number of carbonyl (C=O) groups excluding carboxylic acids is 1. The van der Waals surface area contributed by atoms with Crippen LogP contribution in [0.25, 0.3) is 0 Å². The van der Waals surface area contributed by atoms with E-state index in [1.807, 2.05) is 35.0 Å². The molecule has 0 fully saturated rings. The minimum Gasteiger partial charge on any atom is -0.356 e. The van der Waals surface area contributed by atoms with Gasteiger partial charge >= 0.3 is 0 Å². The van der Waals surface area contributed by atoms with Crippen LogP contribution in [0.2, 0.25) is 0 Å². The van der Waals surface area contributed by atoms with Crippen molar-refractivity contribution in [2.45, 2.75) is 13.0 Å². The summed E-state index contributed by atoms with van der Waals surface area (Å²) in [5.41, 5.74) is 1.83. The zero-order valence-electron chi connectivity index (χ0n) is 15.5. The van der Waals surface area contributed by atoms with Crippen LogP contribution in [0, 0.1) is 0 Å². The predicted octanol–water partition coefficient (Wildman–Crippen LogP) is 1.61.